The molecule has 0 unspecified atom stereocenters. The molecule has 4 N–H and O–H groups in total. The van der Waals surface area contributed by atoms with Crippen molar-refractivity contribution in [2.24, 2.45) is 10.7 Å². The molecule has 4 rings (SSSR count). The van der Waals surface area contributed by atoms with Crippen LogP contribution in [0, 0.1) is 12.7 Å². The van der Waals surface area contributed by atoms with E-state index in [2.05, 4.69) is 25.3 Å². The number of ether oxygens (including phenoxy) is 2. The van der Waals surface area contributed by atoms with E-state index in [-0.39, 0.29) is 28.8 Å². The van der Waals surface area contributed by atoms with Crippen LogP contribution in [0.25, 0.3) is 10.9 Å². The molecule has 0 spiro atoms. The van der Waals surface area contributed by atoms with Gasteiger partial charge in [-0.05, 0) is 37.3 Å². The minimum absolute atomic E-state index is 0.0372. The van der Waals surface area contributed by atoms with Crippen molar-refractivity contribution in [3.8, 4) is 17.2 Å². The second kappa shape index (κ2) is 9.82. The Morgan fingerprint density at radius 3 is 2.74 bits per heavy atom. The van der Waals surface area contributed by atoms with Gasteiger partial charge in [-0.3, -0.25) is 9.98 Å². The van der Waals surface area contributed by atoms with Crippen molar-refractivity contribution in [1.82, 2.24) is 15.0 Å². The molecule has 10 heteroatoms. The van der Waals surface area contributed by atoms with E-state index in [0.717, 1.165) is 5.69 Å². The summed E-state index contributed by atoms with van der Waals surface area (Å²) in [7, 11) is 1.44. The van der Waals surface area contributed by atoms with Crippen LogP contribution in [0.1, 0.15) is 5.69 Å². The fraction of sp³-hybridized carbons (Fsp3) is 0.0833. The summed E-state index contributed by atoms with van der Waals surface area (Å²) < 4.78 is 25.3. The molecule has 0 atom stereocenters. The van der Waals surface area contributed by atoms with Gasteiger partial charge in [0, 0.05) is 35.5 Å². The zero-order valence-electron chi connectivity index (χ0n) is 18.4. The lowest BCUT2D eigenvalue weighted by Gasteiger charge is -2.12. The van der Waals surface area contributed by atoms with Gasteiger partial charge >= 0.3 is 0 Å². The third-order valence-electron chi connectivity index (χ3n) is 4.72. The fourth-order valence-corrected chi connectivity index (χ4v) is 3.03. The number of fused-ring (bicyclic) bond motifs is 1. The molecule has 0 radical (unpaired) electrons. The van der Waals surface area contributed by atoms with Crippen molar-refractivity contribution >= 4 is 34.3 Å². The Kier molecular flexibility index (Phi) is 6.49. The Hall–Kier alpha value is -4.73. The minimum atomic E-state index is -0.589. The highest BCUT2D eigenvalue weighted by molar-refractivity contribution is 5.93. The van der Waals surface area contributed by atoms with Crippen LogP contribution >= 0.6 is 0 Å². The average molecular weight is 460 g/mol. The number of nitrogens with one attached hydrogen (secondary N) is 1. The van der Waals surface area contributed by atoms with Gasteiger partial charge < -0.3 is 25.6 Å². The number of rotatable bonds is 7. The van der Waals surface area contributed by atoms with E-state index in [1.807, 2.05) is 19.1 Å². The zero-order valence-corrected chi connectivity index (χ0v) is 18.4. The van der Waals surface area contributed by atoms with Crippen molar-refractivity contribution in [2.75, 3.05) is 12.4 Å². The van der Waals surface area contributed by atoms with Gasteiger partial charge in [0.25, 0.3) is 0 Å². The van der Waals surface area contributed by atoms with Crippen molar-refractivity contribution in [2.45, 2.75) is 6.92 Å². The first kappa shape index (κ1) is 22.5. The summed E-state index contributed by atoms with van der Waals surface area (Å²) in [5, 5.41) is 13.5. The largest absolute Gasteiger partial charge is 0.504 e. The highest BCUT2D eigenvalue weighted by Crippen LogP contribution is 2.34. The summed E-state index contributed by atoms with van der Waals surface area (Å²) in [6.07, 6.45) is 5.89. The molecule has 2 heterocycles. The Morgan fingerprint density at radius 2 is 2.00 bits per heavy atom. The summed E-state index contributed by atoms with van der Waals surface area (Å²) in [6.45, 7) is 1.89. The maximum absolute atomic E-state index is 14.7. The molecule has 0 saturated carbocycles. The van der Waals surface area contributed by atoms with E-state index >= 15 is 0 Å². The van der Waals surface area contributed by atoms with Crippen LogP contribution in [0.2, 0.25) is 0 Å². The quantitative estimate of drug-likeness (QED) is 0.271. The predicted octanol–water partition coefficient (Wildman–Crippen LogP) is 4.51. The van der Waals surface area contributed by atoms with Gasteiger partial charge in [0.1, 0.15) is 23.7 Å². The lowest BCUT2D eigenvalue weighted by molar-refractivity contribution is 0.374. The Morgan fingerprint density at radius 1 is 1.15 bits per heavy atom. The van der Waals surface area contributed by atoms with Crippen molar-refractivity contribution < 1.29 is 19.0 Å². The Bertz CT molecular complexity index is 1390. The van der Waals surface area contributed by atoms with Crippen LogP contribution in [-0.2, 0) is 0 Å². The number of benzene rings is 2. The highest BCUT2D eigenvalue weighted by atomic mass is 19.1. The number of phenols is 1. The molecule has 0 aliphatic rings. The molecule has 0 bridgehead atoms. The van der Waals surface area contributed by atoms with E-state index in [9.17, 15) is 9.50 Å². The second-order valence-electron chi connectivity index (χ2n) is 7.14. The molecule has 4 aromatic rings. The number of methoxy groups -OCH3 is 1. The SMILES string of the molecule is COc1cc2ncnc(Nc3ccc(O/C(N)=C/C=Nc4ccc(C)nc4)cc3F)c2cc1O. The van der Waals surface area contributed by atoms with Gasteiger partial charge in [-0.2, -0.15) is 0 Å². The number of aliphatic imine (C=N–C) groups is 1. The number of aryl methyl sites for hydroxylation is 1. The first-order valence-electron chi connectivity index (χ1n) is 10.1. The Balaban J connectivity index is 1.48. The smallest absolute Gasteiger partial charge is 0.192 e. The van der Waals surface area contributed by atoms with E-state index in [4.69, 9.17) is 15.2 Å². The van der Waals surface area contributed by atoms with E-state index in [1.54, 1.807) is 18.3 Å². The number of allylic oxidation sites excluding steroid dienone is 1. The molecule has 2 aromatic heterocycles. The van der Waals surface area contributed by atoms with Crippen LogP contribution in [0.5, 0.6) is 17.2 Å². The molecule has 0 fully saturated rings. The summed E-state index contributed by atoms with van der Waals surface area (Å²) >= 11 is 0. The van der Waals surface area contributed by atoms with Crippen LogP contribution in [-0.4, -0.2) is 33.4 Å². The normalized spacial score (nSPS) is 11.7. The van der Waals surface area contributed by atoms with Crippen molar-refractivity contribution in [3.05, 3.63) is 78.5 Å². The van der Waals surface area contributed by atoms with Gasteiger partial charge in [0.15, 0.2) is 17.4 Å². The van der Waals surface area contributed by atoms with Gasteiger partial charge in [-0.15, -0.1) is 0 Å². The molecule has 0 aliphatic heterocycles. The van der Waals surface area contributed by atoms with Crippen LogP contribution in [0.3, 0.4) is 0 Å². The number of nitrogens with zero attached hydrogens (tertiary/aromatic N) is 4. The molecule has 9 nitrogen and oxygen atoms in total. The van der Waals surface area contributed by atoms with E-state index < -0.39 is 5.82 Å². The molecule has 2 aromatic carbocycles. The van der Waals surface area contributed by atoms with Crippen LogP contribution < -0.4 is 20.5 Å². The third kappa shape index (κ3) is 5.18. The summed E-state index contributed by atoms with van der Waals surface area (Å²) in [5.74, 6) is 0.163. The summed E-state index contributed by atoms with van der Waals surface area (Å²) in [5.41, 5.74) is 8.08. The van der Waals surface area contributed by atoms with Crippen molar-refractivity contribution in [1.29, 1.82) is 0 Å². The number of phenolic OH excluding ortho intramolecular Hbond substituents is 1. The molecular weight excluding hydrogens is 439 g/mol. The van der Waals surface area contributed by atoms with Crippen molar-refractivity contribution in [3.63, 3.8) is 0 Å². The highest BCUT2D eigenvalue weighted by Gasteiger charge is 2.12. The molecule has 34 heavy (non-hydrogen) atoms. The monoisotopic (exact) mass is 460 g/mol. The molecule has 0 saturated heterocycles. The summed E-state index contributed by atoms with van der Waals surface area (Å²) in [6, 6.07) is 10.9. The standard InChI is InChI=1S/C24H21FN6O3/c1-14-3-4-15(12-28-14)27-8-7-23(26)34-16-5-6-19(18(25)9-16)31-24-17-10-21(32)22(33-2)11-20(17)29-13-30-24/h3-13,32H,26H2,1-2H3,(H,29,30,31)/b23-7+,27-8?. The molecule has 0 aliphatic carbocycles. The van der Waals surface area contributed by atoms with Crippen LogP contribution in [0.4, 0.5) is 21.6 Å². The third-order valence-corrected chi connectivity index (χ3v) is 4.72. The fourth-order valence-electron chi connectivity index (χ4n) is 3.03. The number of halogens is 1. The van der Waals surface area contributed by atoms with Gasteiger partial charge in [0.2, 0.25) is 0 Å². The number of hydrogen-bond acceptors (Lipinski definition) is 9. The predicted molar refractivity (Wildman–Crippen MR) is 127 cm³/mol. The second-order valence-corrected chi connectivity index (χ2v) is 7.14. The number of anilines is 2. The average Bonchev–Trinajstić information content (AvgIpc) is 2.82. The van der Waals surface area contributed by atoms with Crippen LogP contribution in [0.15, 0.2) is 71.9 Å². The lowest BCUT2D eigenvalue weighted by atomic mass is 10.2. The summed E-state index contributed by atoms with van der Waals surface area (Å²) in [4.78, 5) is 16.7. The van der Waals surface area contributed by atoms with Gasteiger partial charge in [0.05, 0.1) is 30.2 Å². The molecular formula is C24H21FN6O3. The first-order valence-corrected chi connectivity index (χ1v) is 10.1. The zero-order chi connectivity index (χ0) is 24.1. The maximum Gasteiger partial charge on any atom is 0.192 e. The molecule has 0 amide bonds. The van der Waals surface area contributed by atoms with Gasteiger partial charge in [-0.25, -0.2) is 14.4 Å². The van der Waals surface area contributed by atoms with E-state index in [0.29, 0.717) is 22.4 Å². The van der Waals surface area contributed by atoms with E-state index in [1.165, 1.54) is 43.9 Å². The first-order chi connectivity index (χ1) is 16.4. The molecule has 172 valence electrons. The topological polar surface area (TPSA) is 128 Å². The number of aromatic hydroxyl groups is 1. The Labute approximate surface area is 194 Å². The number of hydrogen-bond donors (Lipinski definition) is 3. The van der Waals surface area contributed by atoms with Gasteiger partial charge in [-0.1, -0.05) is 0 Å². The number of pyridine rings is 1. The number of nitrogens with two attached hydrogens (primary N) is 1. The lowest BCUT2D eigenvalue weighted by Crippen LogP contribution is -2.06. The minimum Gasteiger partial charge on any atom is -0.504 e. The number of aromatic nitrogens is 3. The maximum atomic E-state index is 14.7.